The van der Waals surface area contributed by atoms with Crippen LogP contribution in [-0.4, -0.2) is 17.5 Å². The Hall–Kier alpha value is -2.02. The molecule has 0 spiro atoms. The average molecular weight is 298 g/mol. The summed E-state index contributed by atoms with van der Waals surface area (Å²) >= 11 is 1.05. The highest BCUT2D eigenvalue weighted by Gasteiger charge is 2.17. The Bertz CT molecular complexity index is 584. The van der Waals surface area contributed by atoms with E-state index >= 15 is 0 Å². The number of thiophene rings is 1. The van der Waals surface area contributed by atoms with Gasteiger partial charge in [-0.25, -0.2) is 0 Å². The van der Waals surface area contributed by atoms with Gasteiger partial charge in [-0.3, -0.25) is 9.78 Å². The fourth-order valence-corrected chi connectivity index (χ4v) is 2.26. The fraction of sp³-hybridized carbons (Fsp3) is 0.231. The molecule has 1 amide bonds. The number of hydrogen-bond acceptors (Lipinski definition) is 4. The van der Waals surface area contributed by atoms with E-state index in [9.17, 15) is 13.6 Å². The van der Waals surface area contributed by atoms with Gasteiger partial charge in [0.2, 0.25) is 0 Å². The van der Waals surface area contributed by atoms with Crippen LogP contribution in [0.5, 0.6) is 5.75 Å². The number of amides is 1. The molecule has 2 heterocycles. The minimum atomic E-state index is -2.95. The molecule has 2 aromatic heterocycles. The highest BCUT2D eigenvalue weighted by molar-refractivity contribution is 7.12. The zero-order chi connectivity index (χ0) is 14.5. The van der Waals surface area contributed by atoms with E-state index in [-0.39, 0.29) is 17.2 Å². The number of rotatable bonds is 5. The number of halogens is 2. The van der Waals surface area contributed by atoms with Gasteiger partial charge in [-0.1, -0.05) is 6.07 Å². The van der Waals surface area contributed by atoms with E-state index in [1.54, 1.807) is 6.20 Å². The standard InChI is InChI=1S/C13H12F2N2O2S/c1-8-2-3-9(6-16-8)7-17-12(18)11-10(4-5-20-11)19-13(14)15/h2-6,13H,7H2,1H3,(H,17,18). The van der Waals surface area contributed by atoms with Crippen LogP contribution in [0.3, 0.4) is 0 Å². The molecule has 0 saturated carbocycles. The van der Waals surface area contributed by atoms with Gasteiger partial charge in [-0.05, 0) is 30.0 Å². The third-order valence-corrected chi connectivity index (χ3v) is 3.37. The molecule has 0 aromatic carbocycles. The predicted octanol–water partition coefficient (Wildman–Crippen LogP) is 2.98. The van der Waals surface area contributed by atoms with Crippen LogP contribution >= 0.6 is 11.3 Å². The van der Waals surface area contributed by atoms with Crippen LogP contribution < -0.4 is 10.1 Å². The molecule has 0 atom stereocenters. The summed E-state index contributed by atoms with van der Waals surface area (Å²) in [6.07, 6.45) is 1.65. The Balaban J connectivity index is 1.98. The lowest BCUT2D eigenvalue weighted by Gasteiger charge is -2.07. The average Bonchev–Trinajstić information content (AvgIpc) is 2.85. The van der Waals surface area contributed by atoms with Gasteiger partial charge in [0.1, 0.15) is 10.6 Å². The molecule has 0 unspecified atom stereocenters. The quantitative estimate of drug-likeness (QED) is 0.923. The first-order valence-corrected chi connectivity index (χ1v) is 6.66. The Morgan fingerprint density at radius 3 is 2.90 bits per heavy atom. The van der Waals surface area contributed by atoms with Crippen LogP contribution in [0.15, 0.2) is 29.8 Å². The number of ether oxygens (including phenoxy) is 1. The fourth-order valence-electron chi connectivity index (χ4n) is 1.52. The summed E-state index contributed by atoms with van der Waals surface area (Å²) in [6.45, 7) is -0.808. The summed E-state index contributed by atoms with van der Waals surface area (Å²) in [5.41, 5.74) is 1.71. The molecule has 0 aliphatic rings. The second-order valence-corrected chi connectivity index (χ2v) is 4.90. The molecule has 0 bridgehead atoms. The highest BCUT2D eigenvalue weighted by atomic mass is 32.1. The lowest BCUT2D eigenvalue weighted by Crippen LogP contribution is -2.22. The molecule has 7 heteroatoms. The highest BCUT2D eigenvalue weighted by Crippen LogP contribution is 2.26. The van der Waals surface area contributed by atoms with Gasteiger partial charge in [0.15, 0.2) is 0 Å². The van der Waals surface area contributed by atoms with Crippen LogP contribution in [0, 0.1) is 6.92 Å². The summed E-state index contributed by atoms with van der Waals surface area (Å²) in [7, 11) is 0. The zero-order valence-corrected chi connectivity index (χ0v) is 11.4. The molecule has 2 aromatic rings. The molecular formula is C13H12F2N2O2S. The Morgan fingerprint density at radius 1 is 1.45 bits per heavy atom. The normalized spacial score (nSPS) is 10.6. The Kier molecular flexibility index (Phi) is 4.62. The van der Waals surface area contributed by atoms with Gasteiger partial charge in [-0.15, -0.1) is 11.3 Å². The van der Waals surface area contributed by atoms with E-state index < -0.39 is 12.5 Å². The molecular weight excluding hydrogens is 286 g/mol. The first kappa shape index (κ1) is 14.4. The second-order valence-electron chi connectivity index (χ2n) is 3.98. The van der Waals surface area contributed by atoms with Crippen molar-refractivity contribution in [3.63, 3.8) is 0 Å². The Labute approximate surface area is 118 Å². The topological polar surface area (TPSA) is 51.2 Å². The van der Waals surface area contributed by atoms with Crippen molar-refractivity contribution in [1.82, 2.24) is 10.3 Å². The SMILES string of the molecule is Cc1ccc(CNC(=O)c2sccc2OC(F)F)cn1. The van der Waals surface area contributed by atoms with Crippen LogP contribution in [0.2, 0.25) is 0 Å². The van der Waals surface area contributed by atoms with Crippen LogP contribution in [-0.2, 0) is 6.54 Å². The first-order chi connectivity index (χ1) is 9.56. The minimum Gasteiger partial charge on any atom is -0.433 e. The van der Waals surface area contributed by atoms with Gasteiger partial charge in [-0.2, -0.15) is 8.78 Å². The number of aromatic nitrogens is 1. The second kappa shape index (κ2) is 6.42. The van der Waals surface area contributed by atoms with Crippen molar-refractivity contribution in [3.05, 3.63) is 45.9 Å². The molecule has 0 fully saturated rings. The van der Waals surface area contributed by atoms with Gasteiger partial charge in [0.05, 0.1) is 0 Å². The number of pyridine rings is 1. The van der Waals surface area contributed by atoms with Crippen molar-refractivity contribution in [2.45, 2.75) is 20.1 Å². The molecule has 0 aliphatic heterocycles. The number of nitrogens with zero attached hydrogens (tertiary/aromatic N) is 1. The number of carbonyl (C=O) groups is 1. The molecule has 1 N–H and O–H groups in total. The third-order valence-electron chi connectivity index (χ3n) is 2.48. The van der Waals surface area contributed by atoms with E-state index in [2.05, 4.69) is 15.0 Å². The maximum Gasteiger partial charge on any atom is 0.387 e. The van der Waals surface area contributed by atoms with Crippen molar-refractivity contribution in [2.75, 3.05) is 0 Å². The van der Waals surface area contributed by atoms with Crippen LogP contribution in [0.25, 0.3) is 0 Å². The lowest BCUT2D eigenvalue weighted by atomic mass is 10.2. The van der Waals surface area contributed by atoms with Gasteiger partial charge >= 0.3 is 6.61 Å². The molecule has 4 nitrogen and oxygen atoms in total. The third kappa shape index (κ3) is 3.74. The van der Waals surface area contributed by atoms with Crippen molar-refractivity contribution in [2.24, 2.45) is 0 Å². The lowest BCUT2D eigenvalue weighted by molar-refractivity contribution is -0.0498. The van der Waals surface area contributed by atoms with E-state index in [0.29, 0.717) is 0 Å². The summed E-state index contributed by atoms with van der Waals surface area (Å²) in [4.78, 5) is 16.1. The van der Waals surface area contributed by atoms with Crippen LogP contribution in [0.4, 0.5) is 8.78 Å². The largest absolute Gasteiger partial charge is 0.433 e. The number of nitrogens with one attached hydrogen (secondary N) is 1. The molecule has 2 rings (SSSR count). The summed E-state index contributed by atoms with van der Waals surface area (Å²) in [5.74, 6) is -0.555. The maximum absolute atomic E-state index is 12.2. The van der Waals surface area contributed by atoms with Crippen molar-refractivity contribution in [3.8, 4) is 5.75 Å². The van der Waals surface area contributed by atoms with Crippen molar-refractivity contribution in [1.29, 1.82) is 0 Å². The van der Waals surface area contributed by atoms with Crippen LogP contribution in [0.1, 0.15) is 20.9 Å². The molecule has 0 aliphatic carbocycles. The molecule has 20 heavy (non-hydrogen) atoms. The zero-order valence-electron chi connectivity index (χ0n) is 10.6. The Morgan fingerprint density at radius 2 is 2.25 bits per heavy atom. The smallest absolute Gasteiger partial charge is 0.387 e. The van der Waals surface area contributed by atoms with E-state index in [0.717, 1.165) is 22.6 Å². The molecule has 0 saturated heterocycles. The summed E-state index contributed by atoms with van der Waals surface area (Å²) in [5, 5.41) is 4.17. The number of carbonyl (C=O) groups excluding carboxylic acids is 1. The molecule has 0 radical (unpaired) electrons. The van der Waals surface area contributed by atoms with Crippen molar-refractivity contribution < 1.29 is 18.3 Å². The van der Waals surface area contributed by atoms with Gasteiger partial charge in [0.25, 0.3) is 5.91 Å². The van der Waals surface area contributed by atoms with Crippen molar-refractivity contribution >= 4 is 17.2 Å². The maximum atomic E-state index is 12.2. The number of aryl methyl sites for hydroxylation is 1. The predicted molar refractivity (Wildman–Crippen MR) is 71.1 cm³/mol. The van der Waals surface area contributed by atoms with Gasteiger partial charge in [0, 0.05) is 18.4 Å². The molecule has 106 valence electrons. The van der Waals surface area contributed by atoms with E-state index in [1.807, 2.05) is 19.1 Å². The summed E-state index contributed by atoms with van der Waals surface area (Å²) in [6, 6.07) is 5.02. The first-order valence-electron chi connectivity index (χ1n) is 5.78. The van der Waals surface area contributed by atoms with E-state index in [1.165, 1.54) is 11.4 Å². The minimum absolute atomic E-state index is 0.107. The monoisotopic (exact) mass is 298 g/mol. The number of hydrogen-bond donors (Lipinski definition) is 1. The van der Waals surface area contributed by atoms with E-state index in [4.69, 9.17) is 0 Å². The van der Waals surface area contributed by atoms with Gasteiger partial charge < -0.3 is 10.1 Å². The summed E-state index contributed by atoms with van der Waals surface area (Å²) < 4.78 is 28.6. The number of alkyl halides is 2.